The van der Waals surface area contributed by atoms with Gasteiger partial charge in [0.1, 0.15) is 18.2 Å². The van der Waals surface area contributed by atoms with Crippen LogP contribution >= 0.6 is 27.5 Å². The van der Waals surface area contributed by atoms with Crippen LogP contribution in [0.1, 0.15) is 15.9 Å². The van der Waals surface area contributed by atoms with Crippen molar-refractivity contribution in [2.75, 3.05) is 0 Å². The molecule has 2 aromatic carbocycles. The Bertz CT molecular complexity index is 616. The topological polar surface area (TPSA) is 26.3 Å². The quantitative estimate of drug-likeness (QED) is 0.756. The number of hydrogen-bond acceptors (Lipinski definition) is 2. The largest absolute Gasteiger partial charge is 0.489 e. The summed E-state index contributed by atoms with van der Waals surface area (Å²) in [6, 6.07) is 9.55. The van der Waals surface area contributed by atoms with Crippen molar-refractivity contribution in [3.05, 3.63) is 62.8 Å². The van der Waals surface area contributed by atoms with Crippen LogP contribution in [-0.2, 0) is 6.61 Å². The smallest absolute Gasteiger partial charge is 0.151 e. The van der Waals surface area contributed by atoms with Crippen LogP contribution in [0.15, 0.2) is 40.9 Å². The Labute approximate surface area is 123 Å². The van der Waals surface area contributed by atoms with Crippen molar-refractivity contribution in [2.24, 2.45) is 0 Å². The minimum atomic E-state index is -0.479. The molecule has 2 nitrogen and oxygen atoms in total. The minimum absolute atomic E-state index is 0.0793. The highest BCUT2D eigenvalue weighted by Crippen LogP contribution is 2.22. The normalized spacial score (nSPS) is 10.3. The van der Waals surface area contributed by atoms with Crippen LogP contribution in [-0.4, -0.2) is 6.29 Å². The number of aldehydes is 1. The van der Waals surface area contributed by atoms with Crippen molar-refractivity contribution in [3.8, 4) is 5.75 Å². The average Bonchev–Trinajstić information content (AvgIpc) is 2.41. The molecule has 0 aliphatic rings. The van der Waals surface area contributed by atoms with Gasteiger partial charge in [-0.15, -0.1) is 0 Å². The monoisotopic (exact) mass is 342 g/mol. The van der Waals surface area contributed by atoms with E-state index in [-0.39, 0.29) is 11.6 Å². The molecule has 0 amide bonds. The maximum Gasteiger partial charge on any atom is 0.151 e. The van der Waals surface area contributed by atoms with Gasteiger partial charge in [0, 0.05) is 10.0 Å². The Kier molecular flexibility index (Phi) is 4.56. The third-order valence-electron chi connectivity index (χ3n) is 2.48. The predicted molar refractivity (Wildman–Crippen MR) is 75.3 cm³/mol. The molecule has 2 aromatic rings. The van der Waals surface area contributed by atoms with E-state index in [9.17, 15) is 9.18 Å². The van der Waals surface area contributed by atoms with Gasteiger partial charge in [-0.2, -0.15) is 0 Å². The molecule has 0 radical (unpaired) electrons. The zero-order valence-electron chi connectivity index (χ0n) is 9.70. The maximum absolute atomic E-state index is 13.2. The van der Waals surface area contributed by atoms with E-state index in [1.807, 2.05) is 0 Å². The second-order valence-corrected chi connectivity index (χ2v) is 5.10. The summed E-state index contributed by atoms with van der Waals surface area (Å²) in [5, 5.41) is 0.0793. The minimum Gasteiger partial charge on any atom is -0.489 e. The number of rotatable bonds is 4. The molecule has 0 fully saturated rings. The lowest BCUT2D eigenvalue weighted by Crippen LogP contribution is -1.97. The van der Waals surface area contributed by atoms with Gasteiger partial charge in [-0.3, -0.25) is 4.79 Å². The average molecular weight is 344 g/mol. The highest BCUT2D eigenvalue weighted by Gasteiger charge is 2.04. The van der Waals surface area contributed by atoms with E-state index in [1.165, 1.54) is 12.1 Å². The van der Waals surface area contributed by atoms with Gasteiger partial charge in [0.2, 0.25) is 0 Å². The summed E-state index contributed by atoms with van der Waals surface area (Å²) in [6.07, 6.45) is 0.735. The van der Waals surface area contributed by atoms with Crippen molar-refractivity contribution < 1.29 is 13.9 Å². The second kappa shape index (κ2) is 6.17. The van der Waals surface area contributed by atoms with Crippen molar-refractivity contribution in [1.29, 1.82) is 0 Å². The molecular weight excluding hydrogens is 335 g/mol. The van der Waals surface area contributed by atoms with E-state index in [1.54, 1.807) is 24.3 Å². The van der Waals surface area contributed by atoms with Crippen molar-refractivity contribution in [3.63, 3.8) is 0 Å². The lowest BCUT2D eigenvalue weighted by Gasteiger charge is -2.08. The summed E-state index contributed by atoms with van der Waals surface area (Å²) in [4.78, 5) is 10.8. The van der Waals surface area contributed by atoms with Crippen LogP contribution in [0, 0.1) is 5.82 Å². The number of carbonyl (C=O) groups excluding carboxylic acids is 1. The van der Waals surface area contributed by atoms with E-state index in [2.05, 4.69) is 15.9 Å². The van der Waals surface area contributed by atoms with Gasteiger partial charge in [-0.05, 0) is 35.9 Å². The molecule has 5 heteroatoms. The highest BCUT2D eigenvalue weighted by molar-refractivity contribution is 9.10. The number of halogens is 3. The molecule has 0 spiro atoms. The molecule has 98 valence electrons. The molecule has 0 heterocycles. The fraction of sp³-hybridized carbons (Fsp3) is 0.0714. The van der Waals surface area contributed by atoms with Gasteiger partial charge in [0.15, 0.2) is 6.29 Å². The zero-order chi connectivity index (χ0) is 13.8. The van der Waals surface area contributed by atoms with Gasteiger partial charge < -0.3 is 4.74 Å². The maximum atomic E-state index is 13.2. The van der Waals surface area contributed by atoms with E-state index in [4.69, 9.17) is 16.3 Å². The van der Waals surface area contributed by atoms with E-state index in [0.717, 1.165) is 6.29 Å². The van der Waals surface area contributed by atoms with Gasteiger partial charge in [-0.1, -0.05) is 33.6 Å². The van der Waals surface area contributed by atoms with E-state index >= 15 is 0 Å². The molecule has 0 unspecified atom stereocenters. The summed E-state index contributed by atoms with van der Waals surface area (Å²) in [7, 11) is 0. The number of ether oxygens (including phenoxy) is 1. The lowest BCUT2D eigenvalue weighted by atomic mass is 10.2. The standard InChI is InChI=1S/C14H9BrClFO2/c15-12-3-2-11(6-10(12)7-18)19-8-9-1-4-13(16)14(17)5-9/h1-7H,8H2. The summed E-state index contributed by atoms with van der Waals surface area (Å²) in [5.41, 5.74) is 1.16. The molecule has 0 bridgehead atoms. The molecule has 0 saturated heterocycles. The first-order valence-electron chi connectivity index (χ1n) is 5.41. The number of hydrogen-bond donors (Lipinski definition) is 0. The Morgan fingerprint density at radius 1 is 1.26 bits per heavy atom. The van der Waals surface area contributed by atoms with Crippen LogP contribution in [0.3, 0.4) is 0 Å². The molecular formula is C14H9BrClFO2. The molecule has 19 heavy (non-hydrogen) atoms. The van der Waals surface area contributed by atoms with Gasteiger partial charge in [-0.25, -0.2) is 4.39 Å². The zero-order valence-corrected chi connectivity index (χ0v) is 12.0. The summed E-state index contributed by atoms with van der Waals surface area (Å²) < 4.78 is 19.4. The Morgan fingerprint density at radius 3 is 2.74 bits per heavy atom. The van der Waals surface area contributed by atoms with Crippen LogP contribution in [0.25, 0.3) is 0 Å². The summed E-state index contributed by atoms with van der Waals surface area (Å²) in [6.45, 7) is 0.202. The lowest BCUT2D eigenvalue weighted by molar-refractivity contribution is 0.112. The van der Waals surface area contributed by atoms with E-state index < -0.39 is 5.82 Å². The van der Waals surface area contributed by atoms with Gasteiger partial charge >= 0.3 is 0 Å². The third-order valence-corrected chi connectivity index (χ3v) is 3.51. The van der Waals surface area contributed by atoms with Crippen LogP contribution in [0.4, 0.5) is 4.39 Å². The molecule has 0 atom stereocenters. The molecule has 0 aromatic heterocycles. The van der Waals surface area contributed by atoms with Crippen molar-refractivity contribution in [1.82, 2.24) is 0 Å². The van der Waals surface area contributed by atoms with E-state index in [0.29, 0.717) is 21.3 Å². The van der Waals surface area contributed by atoms with Gasteiger partial charge in [0.25, 0.3) is 0 Å². The molecule has 0 N–H and O–H groups in total. The first kappa shape index (κ1) is 14.0. The van der Waals surface area contributed by atoms with Crippen molar-refractivity contribution in [2.45, 2.75) is 6.61 Å². The van der Waals surface area contributed by atoms with Crippen LogP contribution in [0.5, 0.6) is 5.75 Å². The molecule has 2 rings (SSSR count). The second-order valence-electron chi connectivity index (χ2n) is 3.84. The fourth-order valence-electron chi connectivity index (χ4n) is 1.50. The van der Waals surface area contributed by atoms with Crippen LogP contribution in [0.2, 0.25) is 5.02 Å². The SMILES string of the molecule is O=Cc1cc(OCc2ccc(Cl)c(F)c2)ccc1Br. The first-order chi connectivity index (χ1) is 9.10. The predicted octanol–water partition coefficient (Wildman–Crippen LogP) is 4.63. The van der Waals surface area contributed by atoms with Crippen LogP contribution < -0.4 is 4.74 Å². The highest BCUT2D eigenvalue weighted by atomic mass is 79.9. The Morgan fingerprint density at radius 2 is 2.05 bits per heavy atom. The first-order valence-corrected chi connectivity index (χ1v) is 6.58. The summed E-state index contributed by atoms with van der Waals surface area (Å²) in [5.74, 6) is 0.0628. The van der Waals surface area contributed by atoms with Gasteiger partial charge in [0.05, 0.1) is 5.02 Å². The van der Waals surface area contributed by atoms with Crippen molar-refractivity contribution >= 4 is 33.8 Å². The number of benzene rings is 2. The third kappa shape index (κ3) is 3.55. The Balaban J connectivity index is 2.09. The molecule has 0 aliphatic carbocycles. The fourth-order valence-corrected chi connectivity index (χ4v) is 1.96. The Hall–Kier alpha value is -1.39. The molecule has 0 saturated carbocycles. The molecule has 0 aliphatic heterocycles. The number of carbonyl (C=O) groups is 1. The summed E-state index contributed by atoms with van der Waals surface area (Å²) >= 11 is 8.85.